The number of nitrogens with zero attached hydrogens (tertiary/aromatic N) is 4. The fraction of sp³-hybridized carbons (Fsp3) is 0.368. The molecule has 0 saturated carbocycles. The average Bonchev–Trinajstić information content (AvgIpc) is 3.43. The van der Waals surface area contributed by atoms with Gasteiger partial charge in [0.05, 0.1) is 18.6 Å². The van der Waals surface area contributed by atoms with Crippen LogP contribution in [0.2, 0.25) is 0 Å². The molecular weight excluding hydrogens is 397 g/mol. The predicted molar refractivity (Wildman–Crippen MR) is 104 cm³/mol. The molecule has 0 bridgehead atoms. The van der Waals surface area contributed by atoms with Crippen molar-refractivity contribution in [2.75, 3.05) is 19.7 Å². The number of aryl methyl sites for hydroxylation is 1. The highest BCUT2D eigenvalue weighted by atomic mass is 32.2. The standard InChI is InChI=1S/C19H22FN5O3S/c1-24-12-19(21-13-24)29(26,27)25-8-6-14(11-25)17-10-15(22-23-17)7-9-28-18-5-3-2-4-16(18)20/h2-5,10,12-14H,6-9,11H2,1H3,(H,22,23). The second kappa shape index (κ2) is 7.96. The molecule has 1 atom stereocenters. The second-order valence-corrected chi connectivity index (χ2v) is 8.96. The fourth-order valence-corrected chi connectivity index (χ4v) is 4.86. The highest BCUT2D eigenvalue weighted by Gasteiger charge is 2.35. The molecule has 0 amide bonds. The van der Waals surface area contributed by atoms with Crippen LogP contribution in [0.3, 0.4) is 0 Å². The summed E-state index contributed by atoms with van der Waals surface area (Å²) in [5.74, 6) is -0.151. The van der Waals surface area contributed by atoms with E-state index in [4.69, 9.17) is 4.74 Å². The van der Waals surface area contributed by atoms with Gasteiger partial charge in [0.25, 0.3) is 10.0 Å². The Morgan fingerprint density at radius 2 is 2.17 bits per heavy atom. The normalized spacial score (nSPS) is 17.7. The van der Waals surface area contributed by atoms with Gasteiger partial charge in [-0.15, -0.1) is 0 Å². The summed E-state index contributed by atoms with van der Waals surface area (Å²) in [5, 5.41) is 7.37. The van der Waals surface area contributed by atoms with Gasteiger partial charge >= 0.3 is 0 Å². The van der Waals surface area contributed by atoms with E-state index >= 15 is 0 Å². The average molecular weight is 419 g/mol. The van der Waals surface area contributed by atoms with Gasteiger partial charge in [0.1, 0.15) is 0 Å². The van der Waals surface area contributed by atoms with Crippen LogP contribution in [0, 0.1) is 5.82 Å². The minimum Gasteiger partial charge on any atom is -0.490 e. The topological polar surface area (TPSA) is 93.1 Å². The number of aromatic nitrogens is 4. The molecule has 0 spiro atoms. The second-order valence-electron chi connectivity index (χ2n) is 7.07. The number of H-pyrrole nitrogens is 1. The van der Waals surface area contributed by atoms with Crippen molar-refractivity contribution in [2.45, 2.75) is 23.8 Å². The van der Waals surface area contributed by atoms with Crippen LogP contribution in [0.15, 0.2) is 47.9 Å². The minimum absolute atomic E-state index is 0.0194. The molecule has 4 rings (SSSR count). The SMILES string of the molecule is Cn1cnc(S(=O)(=O)N2CCC(c3cc(CCOc4ccccc4F)[nH]n3)C2)c1. The van der Waals surface area contributed by atoms with E-state index < -0.39 is 15.8 Å². The first-order valence-corrected chi connectivity index (χ1v) is 10.8. The highest BCUT2D eigenvalue weighted by molar-refractivity contribution is 7.89. The zero-order valence-corrected chi connectivity index (χ0v) is 16.8. The number of para-hydroxylation sites is 1. The van der Waals surface area contributed by atoms with Crippen LogP contribution in [-0.4, -0.2) is 52.2 Å². The number of halogens is 1. The maximum absolute atomic E-state index is 13.6. The predicted octanol–water partition coefficient (Wildman–Crippen LogP) is 2.08. The summed E-state index contributed by atoms with van der Waals surface area (Å²) in [6.07, 6.45) is 4.22. The zero-order valence-electron chi connectivity index (χ0n) is 16.0. The van der Waals surface area contributed by atoms with E-state index in [9.17, 15) is 12.8 Å². The Hall–Kier alpha value is -2.72. The van der Waals surface area contributed by atoms with Gasteiger partial charge in [-0.25, -0.2) is 17.8 Å². The molecule has 1 unspecified atom stereocenters. The molecule has 3 aromatic rings. The molecular formula is C19H22FN5O3S. The van der Waals surface area contributed by atoms with E-state index in [1.165, 1.54) is 22.9 Å². The van der Waals surface area contributed by atoms with E-state index in [2.05, 4.69) is 15.2 Å². The number of benzene rings is 1. The Morgan fingerprint density at radius 3 is 2.93 bits per heavy atom. The van der Waals surface area contributed by atoms with Crippen LogP contribution in [0.1, 0.15) is 23.7 Å². The van der Waals surface area contributed by atoms with Crippen molar-refractivity contribution in [3.63, 3.8) is 0 Å². The van der Waals surface area contributed by atoms with Crippen molar-refractivity contribution in [1.29, 1.82) is 0 Å². The number of aromatic amines is 1. The Morgan fingerprint density at radius 1 is 1.34 bits per heavy atom. The van der Waals surface area contributed by atoms with E-state index in [1.54, 1.807) is 29.8 Å². The molecule has 1 aliphatic rings. The Labute approximate surface area is 168 Å². The molecule has 1 fully saturated rings. The van der Waals surface area contributed by atoms with E-state index in [0.717, 1.165) is 11.4 Å². The minimum atomic E-state index is -3.59. The van der Waals surface area contributed by atoms with Gasteiger partial charge in [0.15, 0.2) is 16.6 Å². The number of nitrogens with one attached hydrogen (secondary N) is 1. The molecule has 29 heavy (non-hydrogen) atoms. The zero-order chi connectivity index (χ0) is 20.4. The van der Waals surface area contributed by atoms with Crippen molar-refractivity contribution >= 4 is 10.0 Å². The molecule has 1 saturated heterocycles. The van der Waals surface area contributed by atoms with Crippen molar-refractivity contribution in [3.8, 4) is 5.75 Å². The van der Waals surface area contributed by atoms with Crippen molar-refractivity contribution < 1.29 is 17.5 Å². The number of imidazole rings is 1. The number of ether oxygens (including phenoxy) is 1. The van der Waals surface area contributed by atoms with Crippen LogP contribution >= 0.6 is 0 Å². The monoisotopic (exact) mass is 419 g/mol. The maximum atomic E-state index is 13.6. The summed E-state index contributed by atoms with van der Waals surface area (Å²) in [6, 6.07) is 8.20. The molecule has 154 valence electrons. The summed E-state index contributed by atoms with van der Waals surface area (Å²) in [7, 11) is -1.86. The van der Waals surface area contributed by atoms with Gasteiger partial charge in [-0.05, 0) is 24.6 Å². The third-order valence-corrected chi connectivity index (χ3v) is 6.72. The largest absolute Gasteiger partial charge is 0.490 e. The summed E-state index contributed by atoms with van der Waals surface area (Å²) in [5.41, 5.74) is 1.69. The van der Waals surface area contributed by atoms with Gasteiger partial charge in [0, 0.05) is 44.4 Å². The quantitative estimate of drug-likeness (QED) is 0.633. The Bertz CT molecular complexity index is 1090. The van der Waals surface area contributed by atoms with Crippen molar-refractivity contribution in [2.24, 2.45) is 7.05 Å². The number of rotatable bonds is 7. The third kappa shape index (κ3) is 4.18. The molecule has 0 radical (unpaired) electrons. The summed E-state index contributed by atoms with van der Waals surface area (Å²) < 4.78 is 47.5. The molecule has 1 aromatic carbocycles. The smallest absolute Gasteiger partial charge is 0.262 e. The number of sulfonamides is 1. The lowest BCUT2D eigenvalue weighted by molar-refractivity contribution is 0.304. The van der Waals surface area contributed by atoms with Crippen LogP contribution in [-0.2, 0) is 23.5 Å². The van der Waals surface area contributed by atoms with Crippen LogP contribution in [0.4, 0.5) is 4.39 Å². The Kier molecular flexibility index (Phi) is 5.37. The third-order valence-electron chi connectivity index (χ3n) is 4.97. The maximum Gasteiger partial charge on any atom is 0.262 e. The lowest BCUT2D eigenvalue weighted by Gasteiger charge is -2.14. The molecule has 3 heterocycles. The van der Waals surface area contributed by atoms with Crippen LogP contribution in [0.5, 0.6) is 5.75 Å². The lowest BCUT2D eigenvalue weighted by Crippen LogP contribution is -2.29. The summed E-state index contributed by atoms with van der Waals surface area (Å²) in [6.45, 7) is 1.12. The van der Waals surface area contributed by atoms with Gasteiger partial charge in [0.2, 0.25) is 0 Å². The van der Waals surface area contributed by atoms with Crippen LogP contribution < -0.4 is 4.74 Å². The molecule has 1 N–H and O–H groups in total. The van der Waals surface area contributed by atoms with Crippen molar-refractivity contribution in [1.82, 2.24) is 24.1 Å². The number of hydrogen-bond donors (Lipinski definition) is 1. The first-order valence-electron chi connectivity index (χ1n) is 9.33. The first-order chi connectivity index (χ1) is 13.9. The van der Waals surface area contributed by atoms with Gasteiger partial charge in [-0.1, -0.05) is 12.1 Å². The first kappa shape index (κ1) is 19.6. The number of hydrogen-bond acceptors (Lipinski definition) is 5. The van der Waals surface area contributed by atoms with Crippen molar-refractivity contribution in [3.05, 3.63) is 60.1 Å². The van der Waals surface area contributed by atoms with Crippen LogP contribution in [0.25, 0.3) is 0 Å². The Balaban J connectivity index is 1.35. The van der Waals surface area contributed by atoms with E-state index in [0.29, 0.717) is 32.5 Å². The molecule has 0 aliphatic carbocycles. The molecule has 1 aliphatic heterocycles. The molecule has 2 aromatic heterocycles. The molecule has 8 nitrogen and oxygen atoms in total. The van der Waals surface area contributed by atoms with Gasteiger partial charge in [-0.2, -0.15) is 9.40 Å². The van der Waals surface area contributed by atoms with E-state index in [1.807, 2.05) is 6.07 Å². The highest BCUT2D eigenvalue weighted by Crippen LogP contribution is 2.30. The lowest BCUT2D eigenvalue weighted by atomic mass is 10.0. The van der Waals surface area contributed by atoms with Gasteiger partial charge < -0.3 is 9.30 Å². The van der Waals surface area contributed by atoms with E-state index in [-0.39, 0.29) is 16.7 Å². The fourth-order valence-electron chi connectivity index (χ4n) is 3.39. The summed E-state index contributed by atoms with van der Waals surface area (Å²) >= 11 is 0. The molecule has 10 heteroatoms. The summed E-state index contributed by atoms with van der Waals surface area (Å²) in [4.78, 5) is 3.97. The van der Waals surface area contributed by atoms with Gasteiger partial charge in [-0.3, -0.25) is 5.10 Å².